The molecule has 1 atom stereocenters. The highest BCUT2D eigenvalue weighted by atomic mass is 32.2. The third-order valence-electron chi connectivity index (χ3n) is 5.17. The third-order valence-corrected chi connectivity index (χ3v) is 6.11. The van der Waals surface area contributed by atoms with E-state index in [0.717, 1.165) is 10.5 Å². The number of benzene rings is 3. The molecule has 1 amide bonds. The van der Waals surface area contributed by atoms with Gasteiger partial charge >= 0.3 is 11.9 Å². The summed E-state index contributed by atoms with van der Waals surface area (Å²) in [6, 6.07) is 23.2. The molecule has 7 nitrogen and oxygen atoms in total. The minimum absolute atomic E-state index is 0.248. The van der Waals surface area contributed by atoms with Gasteiger partial charge < -0.3 is 14.8 Å². The summed E-state index contributed by atoms with van der Waals surface area (Å²) in [4.78, 5) is 38.1. The molecule has 1 N–H and O–H groups in total. The Bertz CT molecular complexity index is 1270. The molecule has 4 rings (SSSR count). The molecule has 0 radical (unpaired) electrons. The number of hydrogen-bond acceptors (Lipinski definition) is 7. The zero-order valence-corrected chi connectivity index (χ0v) is 18.8. The van der Waals surface area contributed by atoms with E-state index < -0.39 is 30.6 Å². The van der Waals surface area contributed by atoms with Gasteiger partial charge in [-0.1, -0.05) is 42.5 Å². The third kappa shape index (κ3) is 5.45. The Morgan fingerprint density at radius 3 is 2.65 bits per heavy atom. The van der Waals surface area contributed by atoms with Gasteiger partial charge in [-0.15, -0.1) is 11.8 Å². The van der Waals surface area contributed by atoms with Gasteiger partial charge in [0.05, 0.1) is 28.6 Å². The zero-order chi connectivity index (χ0) is 23.9. The van der Waals surface area contributed by atoms with Crippen LogP contribution in [0.2, 0.25) is 0 Å². The molecule has 0 bridgehead atoms. The van der Waals surface area contributed by atoms with E-state index in [9.17, 15) is 14.4 Å². The van der Waals surface area contributed by atoms with Crippen molar-refractivity contribution in [3.05, 3.63) is 95.1 Å². The second-order valence-electron chi connectivity index (χ2n) is 7.45. The van der Waals surface area contributed by atoms with Crippen molar-refractivity contribution in [1.29, 1.82) is 5.26 Å². The first-order chi connectivity index (χ1) is 16.5. The first-order valence-corrected chi connectivity index (χ1v) is 11.5. The molecule has 0 saturated heterocycles. The number of anilines is 1. The van der Waals surface area contributed by atoms with Gasteiger partial charge in [-0.05, 0) is 41.5 Å². The number of para-hydroxylation sites is 1. The number of fused-ring (bicyclic) bond motifs is 1. The molecule has 1 heterocycles. The first kappa shape index (κ1) is 23.1. The second-order valence-corrected chi connectivity index (χ2v) is 8.47. The summed E-state index contributed by atoms with van der Waals surface area (Å²) in [5, 5.41) is 11.5. The number of carbonyl (C=O) groups is 3. The Balaban J connectivity index is 1.40. The molecule has 34 heavy (non-hydrogen) atoms. The molecule has 3 aromatic rings. The second kappa shape index (κ2) is 10.7. The number of esters is 2. The summed E-state index contributed by atoms with van der Waals surface area (Å²) >= 11 is 1.30. The van der Waals surface area contributed by atoms with E-state index in [0.29, 0.717) is 23.2 Å². The molecule has 0 saturated carbocycles. The fourth-order valence-electron chi connectivity index (χ4n) is 3.58. The highest BCUT2D eigenvalue weighted by Gasteiger charge is 2.28. The van der Waals surface area contributed by atoms with Crippen LogP contribution in [0.1, 0.15) is 37.9 Å². The largest absolute Gasteiger partial charge is 0.454 e. The van der Waals surface area contributed by atoms with Crippen LogP contribution in [0.5, 0.6) is 0 Å². The Morgan fingerprint density at radius 2 is 1.85 bits per heavy atom. The Hall–Kier alpha value is -4.09. The summed E-state index contributed by atoms with van der Waals surface area (Å²) in [5.74, 6) is -1.36. The summed E-state index contributed by atoms with van der Waals surface area (Å²) in [6.45, 7) is -0.470. The average Bonchev–Trinajstić information content (AvgIpc) is 2.87. The normalized spacial score (nSPS) is 14.3. The van der Waals surface area contributed by atoms with Crippen LogP contribution < -0.4 is 5.32 Å². The van der Waals surface area contributed by atoms with E-state index in [1.165, 1.54) is 23.9 Å². The van der Waals surface area contributed by atoms with Crippen molar-refractivity contribution in [2.75, 3.05) is 17.7 Å². The molecule has 0 fully saturated rings. The summed E-state index contributed by atoms with van der Waals surface area (Å²) in [7, 11) is 0. The number of nitrogens with one attached hydrogen (secondary N) is 1. The van der Waals surface area contributed by atoms with Crippen LogP contribution in [0, 0.1) is 11.3 Å². The Labute approximate surface area is 200 Å². The number of rotatable bonds is 7. The number of hydrogen-bond donors (Lipinski definition) is 1. The fraction of sp³-hybridized carbons (Fsp3) is 0.154. The molecule has 3 aromatic carbocycles. The van der Waals surface area contributed by atoms with Crippen molar-refractivity contribution >= 4 is 35.3 Å². The lowest BCUT2D eigenvalue weighted by Gasteiger charge is -2.25. The topological polar surface area (TPSA) is 105 Å². The molecular formula is C26H20N2O5S. The molecule has 1 aliphatic rings. The fourth-order valence-corrected chi connectivity index (χ4v) is 4.25. The van der Waals surface area contributed by atoms with E-state index in [1.807, 2.05) is 42.5 Å². The highest BCUT2D eigenvalue weighted by molar-refractivity contribution is 7.99. The van der Waals surface area contributed by atoms with E-state index in [4.69, 9.17) is 14.7 Å². The van der Waals surface area contributed by atoms with Crippen LogP contribution >= 0.6 is 11.8 Å². The van der Waals surface area contributed by atoms with Crippen molar-refractivity contribution in [2.24, 2.45) is 0 Å². The number of nitriles is 1. The molecule has 0 spiro atoms. The van der Waals surface area contributed by atoms with E-state index in [1.54, 1.807) is 24.3 Å². The van der Waals surface area contributed by atoms with Crippen molar-refractivity contribution in [1.82, 2.24) is 0 Å². The van der Waals surface area contributed by atoms with Crippen LogP contribution in [0.25, 0.3) is 0 Å². The van der Waals surface area contributed by atoms with Gasteiger partial charge in [-0.25, -0.2) is 9.59 Å². The molecule has 1 unspecified atom stereocenters. The number of carbonyl (C=O) groups excluding carboxylic acids is 3. The number of thioether (sulfide) groups is 1. The Morgan fingerprint density at radius 1 is 1.09 bits per heavy atom. The van der Waals surface area contributed by atoms with Crippen molar-refractivity contribution in [2.45, 2.75) is 17.4 Å². The van der Waals surface area contributed by atoms with Gasteiger partial charge in [0.25, 0.3) is 5.91 Å². The van der Waals surface area contributed by atoms with E-state index in [-0.39, 0.29) is 11.3 Å². The standard InChI is InChI=1S/C26H20N2O5S/c27-12-13-34-23-9-5-4-8-21(23)28-24(29)16-32-25(30)18-10-11-20-19(14-18)15-22(33-26(20)31)17-6-2-1-3-7-17/h1-11,14,22H,13,15-16H2,(H,28,29). The molecule has 170 valence electrons. The lowest BCUT2D eigenvalue weighted by atomic mass is 9.93. The van der Waals surface area contributed by atoms with Crippen LogP contribution in [-0.2, 0) is 20.7 Å². The predicted molar refractivity (Wildman–Crippen MR) is 126 cm³/mol. The molecular weight excluding hydrogens is 452 g/mol. The number of amides is 1. The van der Waals surface area contributed by atoms with Crippen molar-refractivity contribution in [3.63, 3.8) is 0 Å². The number of ether oxygens (including phenoxy) is 2. The zero-order valence-electron chi connectivity index (χ0n) is 18.0. The predicted octanol–water partition coefficient (Wildman–Crippen LogP) is 4.55. The quantitative estimate of drug-likeness (QED) is 0.397. The van der Waals surface area contributed by atoms with E-state index in [2.05, 4.69) is 5.32 Å². The molecule has 1 aliphatic heterocycles. The van der Waals surface area contributed by atoms with Crippen LogP contribution in [0.4, 0.5) is 5.69 Å². The smallest absolute Gasteiger partial charge is 0.339 e. The summed E-state index contributed by atoms with van der Waals surface area (Å²) < 4.78 is 10.7. The van der Waals surface area contributed by atoms with E-state index >= 15 is 0 Å². The maximum atomic E-state index is 12.6. The van der Waals surface area contributed by atoms with Gasteiger partial charge in [-0.3, -0.25) is 4.79 Å². The van der Waals surface area contributed by atoms with Crippen molar-refractivity contribution < 1.29 is 23.9 Å². The lowest BCUT2D eigenvalue weighted by Crippen LogP contribution is -2.23. The molecule has 0 aromatic heterocycles. The van der Waals surface area contributed by atoms with Gasteiger partial charge in [0.2, 0.25) is 0 Å². The van der Waals surface area contributed by atoms with Gasteiger partial charge in [0.15, 0.2) is 6.61 Å². The van der Waals surface area contributed by atoms with Crippen molar-refractivity contribution in [3.8, 4) is 6.07 Å². The van der Waals surface area contributed by atoms with Gasteiger partial charge in [-0.2, -0.15) is 5.26 Å². The molecule has 0 aliphatic carbocycles. The minimum atomic E-state index is -0.666. The number of cyclic esters (lactones) is 1. The summed E-state index contributed by atoms with van der Waals surface area (Å²) in [6.07, 6.45) is 0.00124. The Kier molecular flexibility index (Phi) is 7.25. The minimum Gasteiger partial charge on any atom is -0.454 e. The van der Waals surface area contributed by atoms with Gasteiger partial charge in [0, 0.05) is 11.3 Å². The average molecular weight is 473 g/mol. The first-order valence-electron chi connectivity index (χ1n) is 10.5. The maximum Gasteiger partial charge on any atom is 0.339 e. The van der Waals surface area contributed by atoms with Crippen LogP contribution in [-0.4, -0.2) is 30.2 Å². The van der Waals surface area contributed by atoms with Crippen LogP contribution in [0.15, 0.2) is 77.7 Å². The SMILES string of the molecule is N#CCSc1ccccc1NC(=O)COC(=O)c1ccc2c(c1)CC(c1ccccc1)OC2=O. The lowest BCUT2D eigenvalue weighted by molar-refractivity contribution is -0.119. The monoisotopic (exact) mass is 472 g/mol. The van der Waals surface area contributed by atoms with Crippen LogP contribution in [0.3, 0.4) is 0 Å². The maximum absolute atomic E-state index is 12.6. The number of nitrogens with zero attached hydrogens (tertiary/aromatic N) is 1. The highest BCUT2D eigenvalue weighted by Crippen LogP contribution is 2.31. The molecule has 8 heteroatoms. The summed E-state index contributed by atoms with van der Waals surface area (Å²) in [5.41, 5.74) is 2.76. The van der Waals surface area contributed by atoms with Gasteiger partial charge in [0.1, 0.15) is 6.10 Å².